The first kappa shape index (κ1) is 14.9. The smallest absolute Gasteiger partial charge is 0.281 e. The van der Waals surface area contributed by atoms with Crippen molar-refractivity contribution in [2.75, 3.05) is 39.8 Å². The fourth-order valence-corrected chi connectivity index (χ4v) is 3.55. The number of nitrogens with zero attached hydrogens (tertiary/aromatic N) is 2. The largest absolute Gasteiger partial charge is 0.317 e. The Balaban J connectivity index is 2.41. The van der Waals surface area contributed by atoms with Crippen LogP contribution in [0.5, 0.6) is 0 Å². The molecule has 5 nitrogen and oxygen atoms in total. The molecule has 1 rings (SSSR count). The molecule has 1 aliphatic heterocycles. The summed E-state index contributed by atoms with van der Waals surface area (Å²) in [4.78, 5) is 0. The number of hydrogen-bond acceptors (Lipinski definition) is 3. The summed E-state index contributed by atoms with van der Waals surface area (Å²) in [6, 6.07) is 0. The Hall–Kier alpha value is -0.170. The molecule has 1 atom stereocenters. The van der Waals surface area contributed by atoms with Gasteiger partial charge < -0.3 is 5.32 Å². The monoisotopic (exact) mass is 263 g/mol. The number of hydrogen-bond donors (Lipinski definition) is 1. The summed E-state index contributed by atoms with van der Waals surface area (Å²) in [5, 5.41) is 3.20. The Bertz CT molecular complexity index is 319. The maximum atomic E-state index is 12.2. The minimum absolute atomic E-state index is 0.486. The van der Waals surface area contributed by atoms with Crippen molar-refractivity contribution in [1.82, 2.24) is 13.9 Å². The third kappa shape index (κ3) is 4.21. The third-order valence-electron chi connectivity index (χ3n) is 3.18. The van der Waals surface area contributed by atoms with Crippen LogP contribution in [-0.2, 0) is 10.2 Å². The van der Waals surface area contributed by atoms with Crippen molar-refractivity contribution in [3.8, 4) is 0 Å². The Morgan fingerprint density at radius 3 is 2.71 bits per heavy atom. The van der Waals surface area contributed by atoms with Crippen LogP contribution in [0.2, 0.25) is 0 Å². The molecule has 1 N–H and O–H groups in total. The van der Waals surface area contributed by atoms with E-state index in [0.29, 0.717) is 25.6 Å². The molecule has 102 valence electrons. The van der Waals surface area contributed by atoms with Crippen molar-refractivity contribution in [1.29, 1.82) is 0 Å². The van der Waals surface area contributed by atoms with Gasteiger partial charge in [0.25, 0.3) is 10.2 Å². The minimum Gasteiger partial charge on any atom is -0.317 e. The summed E-state index contributed by atoms with van der Waals surface area (Å²) < 4.78 is 27.4. The first-order valence-corrected chi connectivity index (χ1v) is 7.80. The SMILES string of the molecule is CCNCCCN(C)S(=O)(=O)N1CCC(C)C1. The minimum atomic E-state index is -3.22. The van der Waals surface area contributed by atoms with Gasteiger partial charge in [-0.1, -0.05) is 13.8 Å². The molecule has 1 saturated heterocycles. The molecule has 0 amide bonds. The van der Waals surface area contributed by atoms with Crippen LogP contribution < -0.4 is 5.32 Å². The Kier molecular flexibility index (Phi) is 5.85. The van der Waals surface area contributed by atoms with Gasteiger partial charge in [0, 0.05) is 26.7 Å². The van der Waals surface area contributed by atoms with Gasteiger partial charge in [-0.2, -0.15) is 17.0 Å². The first-order chi connectivity index (χ1) is 7.98. The molecule has 0 aromatic heterocycles. The topological polar surface area (TPSA) is 52.7 Å². The highest BCUT2D eigenvalue weighted by molar-refractivity contribution is 7.86. The van der Waals surface area contributed by atoms with E-state index in [0.717, 1.165) is 25.9 Å². The molecule has 1 heterocycles. The highest BCUT2D eigenvalue weighted by atomic mass is 32.2. The molecule has 0 saturated carbocycles. The lowest BCUT2D eigenvalue weighted by Crippen LogP contribution is -2.41. The van der Waals surface area contributed by atoms with Crippen LogP contribution in [0.15, 0.2) is 0 Å². The van der Waals surface area contributed by atoms with Crippen LogP contribution in [0.1, 0.15) is 26.7 Å². The second-order valence-corrected chi connectivity index (χ2v) is 6.82. The summed E-state index contributed by atoms with van der Waals surface area (Å²) in [5.41, 5.74) is 0. The predicted molar refractivity (Wildman–Crippen MR) is 70.1 cm³/mol. The molecule has 1 aliphatic rings. The second-order valence-electron chi connectivity index (χ2n) is 4.79. The summed E-state index contributed by atoms with van der Waals surface area (Å²) in [6.45, 7) is 7.86. The maximum Gasteiger partial charge on any atom is 0.281 e. The molecular formula is C11H25N3O2S. The highest BCUT2D eigenvalue weighted by Crippen LogP contribution is 2.20. The lowest BCUT2D eigenvalue weighted by atomic mass is 10.2. The van der Waals surface area contributed by atoms with Crippen molar-refractivity contribution < 1.29 is 8.42 Å². The average Bonchev–Trinajstić information content (AvgIpc) is 2.71. The van der Waals surface area contributed by atoms with Crippen LogP contribution in [0, 0.1) is 5.92 Å². The van der Waals surface area contributed by atoms with Gasteiger partial charge in [0.15, 0.2) is 0 Å². The van der Waals surface area contributed by atoms with E-state index in [1.807, 2.05) is 6.92 Å². The molecule has 0 aromatic carbocycles. The van der Waals surface area contributed by atoms with E-state index in [4.69, 9.17) is 0 Å². The summed E-state index contributed by atoms with van der Waals surface area (Å²) in [5.74, 6) is 0.486. The van der Waals surface area contributed by atoms with Crippen LogP contribution in [0.3, 0.4) is 0 Å². The molecule has 0 bridgehead atoms. The van der Waals surface area contributed by atoms with Gasteiger partial charge in [-0.3, -0.25) is 0 Å². The van der Waals surface area contributed by atoms with E-state index < -0.39 is 10.2 Å². The van der Waals surface area contributed by atoms with Gasteiger partial charge >= 0.3 is 0 Å². The normalized spacial score (nSPS) is 22.5. The average molecular weight is 263 g/mol. The lowest BCUT2D eigenvalue weighted by molar-refractivity contribution is 0.384. The molecule has 6 heteroatoms. The zero-order valence-corrected chi connectivity index (χ0v) is 12.0. The Morgan fingerprint density at radius 2 is 2.18 bits per heavy atom. The fourth-order valence-electron chi connectivity index (χ4n) is 2.02. The van der Waals surface area contributed by atoms with E-state index in [1.54, 1.807) is 11.4 Å². The maximum absolute atomic E-state index is 12.2. The zero-order valence-electron chi connectivity index (χ0n) is 11.1. The first-order valence-electron chi connectivity index (χ1n) is 6.40. The van der Waals surface area contributed by atoms with E-state index in [1.165, 1.54) is 4.31 Å². The van der Waals surface area contributed by atoms with Gasteiger partial charge in [-0.15, -0.1) is 0 Å². The van der Waals surface area contributed by atoms with Crippen LogP contribution in [0.4, 0.5) is 0 Å². The lowest BCUT2D eigenvalue weighted by Gasteiger charge is -2.24. The second kappa shape index (κ2) is 6.68. The van der Waals surface area contributed by atoms with Crippen molar-refractivity contribution in [2.45, 2.75) is 26.7 Å². The van der Waals surface area contributed by atoms with Crippen LogP contribution in [0.25, 0.3) is 0 Å². The molecule has 0 spiro atoms. The zero-order chi connectivity index (χ0) is 12.9. The molecule has 0 aromatic rings. The van der Waals surface area contributed by atoms with Gasteiger partial charge in [0.05, 0.1) is 0 Å². The molecular weight excluding hydrogens is 238 g/mol. The van der Waals surface area contributed by atoms with Crippen LogP contribution in [-0.4, -0.2) is 56.8 Å². The van der Waals surface area contributed by atoms with Gasteiger partial charge in [0.1, 0.15) is 0 Å². The standard InChI is InChI=1S/C11H25N3O2S/c1-4-12-7-5-8-13(3)17(15,16)14-9-6-11(2)10-14/h11-12H,4-10H2,1-3H3. The van der Waals surface area contributed by atoms with E-state index >= 15 is 0 Å². The summed E-state index contributed by atoms with van der Waals surface area (Å²) in [7, 11) is -1.55. The summed E-state index contributed by atoms with van der Waals surface area (Å²) >= 11 is 0. The quantitative estimate of drug-likeness (QED) is 0.681. The van der Waals surface area contributed by atoms with E-state index in [9.17, 15) is 8.42 Å². The van der Waals surface area contributed by atoms with Crippen molar-refractivity contribution in [3.05, 3.63) is 0 Å². The van der Waals surface area contributed by atoms with E-state index in [-0.39, 0.29) is 0 Å². The van der Waals surface area contributed by atoms with Crippen molar-refractivity contribution in [3.63, 3.8) is 0 Å². The molecule has 17 heavy (non-hydrogen) atoms. The fraction of sp³-hybridized carbons (Fsp3) is 1.00. The summed E-state index contributed by atoms with van der Waals surface area (Å²) in [6.07, 6.45) is 1.83. The van der Waals surface area contributed by atoms with Gasteiger partial charge in [0.2, 0.25) is 0 Å². The van der Waals surface area contributed by atoms with Gasteiger partial charge in [-0.05, 0) is 31.8 Å². The Labute approximate surface area is 105 Å². The molecule has 1 unspecified atom stereocenters. The van der Waals surface area contributed by atoms with Crippen molar-refractivity contribution in [2.24, 2.45) is 5.92 Å². The number of nitrogens with one attached hydrogen (secondary N) is 1. The molecule has 1 fully saturated rings. The van der Waals surface area contributed by atoms with Gasteiger partial charge in [-0.25, -0.2) is 0 Å². The highest BCUT2D eigenvalue weighted by Gasteiger charge is 2.31. The van der Waals surface area contributed by atoms with E-state index in [2.05, 4.69) is 12.2 Å². The third-order valence-corrected chi connectivity index (χ3v) is 5.14. The predicted octanol–water partition coefficient (Wildman–Crippen LogP) is 0.504. The Morgan fingerprint density at radius 1 is 1.47 bits per heavy atom. The van der Waals surface area contributed by atoms with Crippen molar-refractivity contribution >= 4 is 10.2 Å². The molecule has 0 aliphatic carbocycles. The van der Waals surface area contributed by atoms with Crippen LogP contribution >= 0.6 is 0 Å². The number of rotatable bonds is 7. The molecule has 0 radical (unpaired) electrons.